The number of carbonyl (C=O) groups excluding carboxylic acids is 1. The van der Waals surface area contributed by atoms with Gasteiger partial charge in [0.1, 0.15) is 0 Å². The third-order valence-electron chi connectivity index (χ3n) is 18.2. The fourth-order valence-corrected chi connectivity index (χ4v) is 13.0. The molecular weight excluding hydrogens is 1320 g/mol. The van der Waals surface area contributed by atoms with Crippen molar-refractivity contribution in [2.24, 2.45) is 5.73 Å². The first kappa shape index (κ1) is 84.8. The molecule has 10 aromatic carbocycles. The van der Waals surface area contributed by atoms with Crippen LogP contribution >= 0.6 is 12.4 Å². The quantitative estimate of drug-likeness (QED) is 0.0370. The van der Waals surface area contributed by atoms with Crippen molar-refractivity contribution in [3.8, 4) is 12.1 Å². The number of nitriles is 2. The third-order valence-corrected chi connectivity index (χ3v) is 18.2. The van der Waals surface area contributed by atoms with Gasteiger partial charge in [0.05, 0.1) is 19.2 Å². The van der Waals surface area contributed by atoms with Crippen LogP contribution in [0.25, 0.3) is 60.1 Å². The zero-order chi connectivity index (χ0) is 69.1. The molecule has 0 aliphatic carbocycles. The van der Waals surface area contributed by atoms with Crippen molar-refractivity contribution >= 4 is 78.6 Å². The summed E-state index contributed by atoms with van der Waals surface area (Å²) in [4.78, 5) is 27.5. The number of aromatic amines is 5. The van der Waals surface area contributed by atoms with Crippen LogP contribution in [0.1, 0.15) is 142 Å². The monoisotopic (exact) mass is 1430 g/mol. The number of allylic oxidation sites excluding steroid dienone is 1. The molecule has 546 valence electrons. The number of halogens is 1. The molecule has 1 amide bonds. The fraction of sp³-hybridized carbons (Fsp3) is 0.194. The molecule has 9 N–H and O–H groups in total. The number of nitrogens with two attached hydrogens (primary N) is 1. The second kappa shape index (κ2) is 43.9. The highest BCUT2D eigenvalue weighted by atomic mass is 35.5. The molecule has 5 aromatic heterocycles. The lowest BCUT2D eigenvalue weighted by Gasteiger charge is -2.18. The third kappa shape index (κ3) is 22.6. The molecule has 0 aliphatic rings. The Kier molecular flexibility index (Phi) is 35.1. The maximum absolute atomic E-state index is 11.3. The van der Waals surface area contributed by atoms with E-state index in [0.717, 1.165) is 59.1 Å². The summed E-state index contributed by atoms with van der Waals surface area (Å²) in [7, 11) is 3.39. The van der Waals surface area contributed by atoms with E-state index in [-0.39, 0.29) is 61.4 Å². The SMILES string of the molecule is C.C.C.C.C.CNCCC(c1ccccc1)c1ccc2cc[nH]c2c1.COC(=O)NCCC(c1ccccc1)c1ccc2cc[nH]c2c1.Cl.N#C/C=C(/c1ccccc1)c1ccc2cc[nH]c2c1.N#CCC(c1ccccc1)c1ccc2cc[nH]c2c1.NCCC(c1ccccc1)c1ccc2cc[nH]c2c1. The number of alkyl carbamates (subject to hydrolysis) is 1. The zero-order valence-corrected chi connectivity index (χ0v) is 57.7. The van der Waals surface area contributed by atoms with Crippen LogP contribution in [-0.4, -0.2) is 64.8 Å². The van der Waals surface area contributed by atoms with Crippen molar-refractivity contribution in [1.29, 1.82) is 10.5 Å². The minimum atomic E-state index is -0.392. The Hall–Kier alpha value is -11.9. The van der Waals surface area contributed by atoms with E-state index in [1.54, 1.807) is 6.08 Å². The highest BCUT2D eigenvalue weighted by Gasteiger charge is 2.19. The van der Waals surface area contributed by atoms with Gasteiger partial charge < -0.3 is 46.0 Å². The minimum absolute atomic E-state index is 0. The zero-order valence-electron chi connectivity index (χ0n) is 56.9. The summed E-state index contributed by atoms with van der Waals surface area (Å²) in [5, 5.41) is 30.2. The minimum Gasteiger partial charge on any atom is -0.453 e. The largest absolute Gasteiger partial charge is 0.453 e. The van der Waals surface area contributed by atoms with Crippen LogP contribution in [0, 0.1) is 22.7 Å². The van der Waals surface area contributed by atoms with E-state index in [1.165, 1.54) is 89.6 Å². The lowest BCUT2D eigenvalue weighted by molar-refractivity contribution is 0.171. The molecule has 5 heterocycles. The molecule has 4 unspecified atom stereocenters. The Morgan fingerprint density at radius 3 is 1.07 bits per heavy atom. The van der Waals surface area contributed by atoms with Gasteiger partial charge in [0.2, 0.25) is 0 Å². The van der Waals surface area contributed by atoms with E-state index in [9.17, 15) is 4.79 Å². The van der Waals surface area contributed by atoms with E-state index < -0.39 is 6.09 Å². The van der Waals surface area contributed by atoms with Gasteiger partial charge in [0.25, 0.3) is 0 Å². The average Bonchev–Trinajstić information content (AvgIpc) is 1.47. The number of methoxy groups -OCH3 is 1. The van der Waals surface area contributed by atoms with Gasteiger partial charge in [-0.2, -0.15) is 10.5 Å². The molecule has 0 saturated carbocycles. The fourth-order valence-electron chi connectivity index (χ4n) is 13.0. The van der Waals surface area contributed by atoms with Crippen LogP contribution in [0.3, 0.4) is 0 Å². The van der Waals surface area contributed by atoms with Crippen LogP contribution in [0.15, 0.2) is 310 Å². The van der Waals surface area contributed by atoms with Crippen molar-refractivity contribution in [3.63, 3.8) is 0 Å². The lowest BCUT2D eigenvalue weighted by Crippen LogP contribution is -2.25. The lowest BCUT2D eigenvalue weighted by atomic mass is 9.88. The summed E-state index contributed by atoms with van der Waals surface area (Å²) >= 11 is 0. The van der Waals surface area contributed by atoms with Gasteiger partial charge in [-0.3, -0.25) is 0 Å². The van der Waals surface area contributed by atoms with Crippen LogP contribution in [0.4, 0.5) is 4.79 Å². The van der Waals surface area contributed by atoms with Crippen LogP contribution < -0.4 is 16.4 Å². The van der Waals surface area contributed by atoms with E-state index in [1.807, 2.05) is 117 Å². The molecule has 15 rings (SSSR count). The number of rotatable bonds is 19. The number of nitrogens with zero attached hydrogens (tertiary/aromatic N) is 2. The highest BCUT2D eigenvalue weighted by molar-refractivity contribution is 5.89. The maximum Gasteiger partial charge on any atom is 0.406 e. The summed E-state index contributed by atoms with van der Waals surface area (Å²) in [5.74, 6) is 1.18. The number of fused-ring (bicyclic) bond motifs is 5. The number of aromatic nitrogens is 5. The smallest absolute Gasteiger partial charge is 0.406 e. The average molecular weight is 1430 g/mol. The summed E-state index contributed by atoms with van der Waals surface area (Å²) in [5.41, 5.74) is 24.8. The summed E-state index contributed by atoms with van der Waals surface area (Å²) in [6.07, 6.45) is 14.4. The van der Waals surface area contributed by atoms with Crippen LogP contribution in [-0.2, 0) is 4.74 Å². The number of hydrogen-bond donors (Lipinski definition) is 8. The van der Waals surface area contributed by atoms with Crippen molar-refractivity contribution < 1.29 is 9.53 Å². The Morgan fingerprint density at radius 1 is 0.406 bits per heavy atom. The standard InChI is InChI=1S/C19H20N2O2.C18H20N2.C17H18N2.C17H14N2.C17H12N2.5CH4.ClH/c1-23-19(22)21-12-10-17(14-5-3-2-4-6-14)16-8-7-15-9-11-20-18(15)13-16;1-19-11-10-17(14-5-3-2-4-6-14)16-8-7-15-9-12-20-18(15)13-16;3*18-10-8-16(13-4-2-1-3-5-13)15-7-6-14-9-11-19-17(14)12-15;;;;;;/h2-9,11,13,17,20H,10,12H2,1H3,(H,21,22);2-9,12-13,17,19-20H,10-11H2,1H3;1-7,9,11-12,16,19H,8,10,18H2;1-7,9,11-12,16,19H,8H2;1-9,11-12,19H;5*1H4;1H/b;;;;16-8-;;;;;;. The molecule has 4 atom stereocenters. The summed E-state index contributed by atoms with van der Waals surface area (Å²) in [6, 6.07) is 99.1. The molecule has 106 heavy (non-hydrogen) atoms. The molecule has 12 nitrogen and oxygen atoms in total. The predicted octanol–water partition coefficient (Wildman–Crippen LogP) is 23.5. The number of amides is 1. The molecule has 0 bridgehead atoms. The maximum atomic E-state index is 11.3. The molecule has 0 aliphatic heterocycles. The number of nitrogens with one attached hydrogen (secondary N) is 7. The first-order chi connectivity index (χ1) is 49.3. The molecule has 0 spiro atoms. The van der Waals surface area contributed by atoms with Gasteiger partial charge in [-0.15, -0.1) is 12.4 Å². The van der Waals surface area contributed by atoms with Crippen molar-refractivity contribution in [2.45, 2.75) is 86.5 Å². The topological polar surface area (TPSA) is 203 Å². The number of hydrogen-bond acceptors (Lipinski definition) is 6. The Bertz CT molecular complexity index is 5100. The second-order valence-corrected chi connectivity index (χ2v) is 24.5. The number of H-pyrrole nitrogens is 5. The second-order valence-electron chi connectivity index (χ2n) is 24.5. The molecule has 0 radical (unpaired) electrons. The van der Waals surface area contributed by atoms with Crippen molar-refractivity contribution in [2.75, 3.05) is 33.8 Å². The molecular formula is C93H105ClN10O2. The molecule has 15 aromatic rings. The number of carbonyl (C=O) groups is 1. The normalized spacial score (nSPS) is 11.5. The molecule has 0 fully saturated rings. The Morgan fingerprint density at radius 2 is 0.726 bits per heavy atom. The van der Waals surface area contributed by atoms with E-state index in [4.69, 9.17) is 16.3 Å². The van der Waals surface area contributed by atoms with Gasteiger partial charge in [0, 0.05) is 101 Å². The predicted molar refractivity (Wildman–Crippen MR) is 452 cm³/mol. The molecule has 13 heteroatoms. The van der Waals surface area contributed by atoms with E-state index >= 15 is 0 Å². The van der Waals surface area contributed by atoms with Crippen LogP contribution in [0.5, 0.6) is 0 Å². The molecule has 0 saturated heterocycles. The Labute approximate surface area is 634 Å². The van der Waals surface area contributed by atoms with E-state index in [0.29, 0.717) is 31.3 Å². The first-order valence-electron chi connectivity index (χ1n) is 34.0. The van der Waals surface area contributed by atoms with E-state index in [2.05, 4.69) is 247 Å². The van der Waals surface area contributed by atoms with Crippen LogP contribution in [0.2, 0.25) is 0 Å². The summed E-state index contributed by atoms with van der Waals surface area (Å²) in [6.45, 7) is 2.28. The highest BCUT2D eigenvalue weighted by Crippen LogP contribution is 2.34. The van der Waals surface area contributed by atoms with Gasteiger partial charge in [-0.1, -0.05) is 249 Å². The van der Waals surface area contributed by atoms with Gasteiger partial charge in [-0.25, -0.2) is 4.79 Å². The van der Waals surface area contributed by atoms with Crippen molar-refractivity contribution in [3.05, 3.63) is 366 Å². The summed E-state index contributed by atoms with van der Waals surface area (Å²) < 4.78 is 4.64. The first-order valence-corrected chi connectivity index (χ1v) is 34.0. The Balaban J connectivity index is 0.000000235. The number of benzene rings is 10. The van der Waals surface area contributed by atoms with Gasteiger partial charge in [-0.05, 0) is 188 Å². The van der Waals surface area contributed by atoms with Gasteiger partial charge in [0.15, 0.2) is 0 Å². The van der Waals surface area contributed by atoms with Gasteiger partial charge >= 0.3 is 6.09 Å². The number of ether oxygens (including phenoxy) is 1. The van der Waals surface area contributed by atoms with Crippen molar-refractivity contribution in [1.82, 2.24) is 35.6 Å².